The van der Waals surface area contributed by atoms with E-state index in [9.17, 15) is 19.5 Å². The van der Waals surface area contributed by atoms with Crippen LogP contribution in [-0.4, -0.2) is 37.3 Å². The number of carboxylic acid groups (broad SMARTS) is 1. The Bertz CT molecular complexity index is 527. The van der Waals surface area contributed by atoms with Crippen molar-refractivity contribution in [2.45, 2.75) is 6.10 Å². The maximum Gasteiger partial charge on any atom is 0.407 e. The Morgan fingerprint density at radius 3 is 2.63 bits per heavy atom. The second-order valence-corrected chi connectivity index (χ2v) is 3.84. The fourth-order valence-electron chi connectivity index (χ4n) is 1.61. The van der Waals surface area contributed by atoms with Gasteiger partial charge in [0.2, 0.25) is 0 Å². The van der Waals surface area contributed by atoms with Gasteiger partial charge in [0.1, 0.15) is 6.61 Å². The smallest absolute Gasteiger partial charge is 0.407 e. The number of carboxylic acids is 1. The number of benzene rings is 1. The Kier molecular flexibility index (Phi) is 3.65. The summed E-state index contributed by atoms with van der Waals surface area (Å²) < 4.78 is 9.67. The van der Waals surface area contributed by atoms with Gasteiger partial charge in [0.25, 0.3) is 0 Å². The van der Waals surface area contributed by atoms with Gasteiger partial charge < -0.3 is 24.7 Å². The van der Waals surface area contributed by atoms with Gasteiger partial charge in [-0.1, -0.05) is 18.2 Å². The molecule has 1 N–H and O–H groups in total. The highest BCUT2D eigenvalue weighted by atomic mass is 16.6. The zero-order valence-electron chi connectivity index (χ0n) is 9.75. The molecule has 1 heterocycles. The van der Waals surface area contributed by atoms with Crippen LogP contribution in [0.4, 0.5) is 4.79 Å². The number of carbonyl (C=O) groups is 3. The van der Waals surface area contributed by atoms with Crippen LogP contribution >= 0.6 is 0 Å². The van der Waals surface area contributed by atoms with Crippen LogP contribution in [-0.2, 0) is 9.47 Å². The first-order valence-corrected chi connectivity index (χ1v) is 5.50. The summed E-state index contributed by atoms with van der Waals surface area (Å²) in [5.41, 5.74) is -0.339. The zero-order chi connectivity index (χ0) is 13.8. The minimum atomic E-state index is -1.46. The van der Waals surface area contributed by atoms with E-state index in [2.05, 4.69) is 5.32 Å². The molecule has 1 atom stereocenters. The number of hydrogen-bond acceptors (Lipinski definition) is 6. The predicted molar refractivity (Wildman–Crippen MR) is 59.3 cm³/mol. The second kappa shape index (κ2) is 5.38. The lowest BCUT2D eigenvalue weighted by molar-refractivity contribution is -0.255. The number of rotatable bonds is 4. The normalized spacial score (nSPS) is 17.5. The molecule has 1 aromatic carbocycles. The second-order valence-electron chi connectivity index (χ2n) is 3.84. The van der Waals surface area contributed by atoms with Crippen LogP contribution in [0.1, 0.15) is 20.7 Å². The number of carbonyl (C=O) groups excluding carboxylic acids is 3. The first-order valence-electron chi connectivity index (χ1n) is 5.50. The maximum atomic E-state index is 11.7. The van der Waals surface area contributed by atoms with Crippen molar-refractivity contribution >= 4 is 18.0 Å². The molecular weight excluding hydrogens is 254 g/mol. The maximum absolute atomic E-state index is 11.7. The van der Waals surface area contributed by atoms with Crippen molar-refractivity contribution in [3.63, 3.8) is 0 Å². The van der Waals surface area contributed by atoms with Crippen molar-refractivity contribution < 1.29 is 29.0 Å². The summed E-state index contributed by atoms with van der Waals surface area (Å²) in [4.78, 5) is 33.3. The quantitative estimate of drug-likeness (QED) is 0.722. The largest absolute Gasteiger partial charge is 0.545 e. The number of cyclic esters (lactones) is 1. The molecule has 1 amide bonds. The summed E-state index contributed by atoms with van der Waals surface area (Å²) in [6, 6.07) is 5.57. The van der Waals surface area contributed by atoms with Crippen LogP contribution in [0.5, 0.6) is 0 Å². The van der Waals surface area contributed by atoms with Gasteiger partial charge in [-0.3, -0.25) is 0 Å². The topological polar surface area (TPSA) is 105 Å². The van der Waals surface area contributed by atoms with Gasteiger partial charge in [-0.15, -0.1) is 0 Å². The number of aromatic carboxylic acids is 1. The lowest BCUT2D eigenvalue weighted by atomic mass is 10.1. The Hall–Kier alpha value is -2.57. The van der Waals surface area contributed by atoms with E-state index in [0.717, 1.165) is 0 Å². The standard InChI is InChI=1S/C12H11NO6/c14-10(15)8-3-1-2-4-9(8)11(16)18-6-7-5-13-12(17)19-7/h1-4,7H,5-6H2,(H,13,17)(H,14,15)/p-1/t7-/m0/s1. The molecule has 1 aliphatic rings. The van der Waals surface area contributed by atoms with Gasteiger partial charge in [-0.2, -0.15) is 0 Å². The summed E-state index contributed by atoms with van der Waals surface area (Å²) in [6.45, 7) is 0.104. The van der Waals surface area contributed by atoms with Crippen LogP contribution in [0.25, 0.3) is 0 Å². The lowest BCUT2D eigenvalue weighted by Gasteiger charge is -2.11. The van der Waals surface area contributed by atoms with Crippen molar-refractivity contribution in [1.82, 2.24) is 5.32 Å². The van der Waals surface area contributed by atoms with Crippen molar-refractivity contribution in [2.24, 2.45) is 0 Å². The van der Waals surface area contributed by atoms with Gasteiger partial charge >= 0.3 is 12.1 Å². The predicted octanol–water partition coefficient (Wildman–Crippen LogP) is -0.685. The van der Waals surface area contributed by atoms with E-state index in [0.29, 0.717) is 0 Å². The van der Waals surface area contributed by atoms with E-state index >= 15 is 0 Å². The number of alkyl carbamates (subject to hydrolysis) is 1. The highest BCUT2D eigenvalue weighted by molar-refractivity contribution is 6.01. The summed E-state index contributed by atoms with van der Waals surface area (Å²) in [5.74, 6) is -2.26. The van der Waals surface area contributed by atoms with Crippen molar-refractivity contribution in [2.75, 3.05) is 13.2 Å². The lowest BCUT2D eigenvalue weighted by Crippen LogP contribution is -2.27. The minimum Gasteiger partial charge on any atom is -0.545 e. The first-order chi connectivity index (χ1) is 9.08. The average Bonchev–Trinajstić information content (AvgIpc) is 2.81. The van der Waals surface area contributed by atoms with Crippen molar-refractivity contribution in [3.8, 4) is 0 Å². The Labute approximate surface area is 108 Å². The third-order valence-electron chi connectivity index (χ3n) is 2.51. The summed E-state index contributed by atoms with van der Waals surface area (Å²) >= 11 is 0. The molecule has 7 nitrogen and oxygen atoms in total. The van der Waals surface area contributed by atoms with E-state index in [-0.39, 0.29) is 24.3 Å². The SMILES string of the molecule is O=C1NC[C@@H](COC(=O)c2ccccc2C(=O)[O-])O1. The van der Waals surface area contributed by atoms with Gasteiger partial charge in [0.15, 0.2) is 6.10 Å². The third kappa shape index (κ3) is 3.01. The number of hydrogen-bond donors (Lipinski definition) is 1. The number of amides is 1. The monoisotopic (exact) mass is 264 g/mol. The molecule has 2 rings (SSSR count). The number of ether oxygens (including phenoxy) is 2. The molecule has 0 saturated carbocycles. The van der Waals surface area contributed by atoms with Crippen LogP contribution in [0, 0.1) is 0 Å². The van der Waals surface area contributed by atoms with Gasteiger partial charge in [0, 0.05) is 5.56 Å². The van der Waals surface area contributed by atoms with E-state index < -0.39 is 24.1 Å². The highest BCUT2D eigenvalue weighted by Gasteiger charge is 2.24. The number of nitrogens with one attached hydrogen (secondary N) is 1. The van der Waals surface area contributed by atoms with E-state index in [1.165, 1.54) is 24.3 Å². The Morgan fingerprint density at radius 2 is 2.05 bits per heavy atom. The summed E-state index contributed by atoms with van der Waals surface area (Å²) in [5, 5.41) is 13.2. The summed E-state index contributed by atoms with van der Waals surface area (Å²) in [7, 11) is 0. The van der Waals surface area contributed by atoms with Crippen LogP contribution in [0.3, 0.4) is 0 Å². The molecule has 1 aliphatic heterocycles. The molecule has 7 heteroatoms. The Morgan fingerprint density at radius 1 is 1.37 bits per heavy atom. The van der Waals surface area contributed by atoms with Gasteiger partial charge in [0.05, 0.1) is 18.1 Å². The van der Waals surface area contributed by atoms with E-state index in [4.69, 9.17) is 9.47 Å². The summed E-state index contributed by atoms with van der Waals surface area (Å²) in [6.07, 6.45) is -1.14. The molecule has 0 radical (unpaired) electrons. The molecule has 0 aliphatic carbocycles. The molecule has 1 saturated heterocycles. The Balaban J connectivity index is 2.00. The van der Waals surface area contributed by atoms with Crippen LogP contribution in [0.2, 0.25) is 0 Å². The molecule has 1 fully saturated rings. The van der Waals surface area contributed by atoms with Gasteiger partial charge in [-0.25, -0.2) is 9.59 Å². The van der Waals surface area contributed by atoms with E-state index in [1.54, 1.807) is 0 Å². The fourth-order valence-corrected chi connectivity index (χ4v) is 1.61. The zero-order valence-corrected chi connectivity index (χ0v) is 9.75. The number of esters is 1. The molecule has 1 aromatic rings. The van der Waals surface area contributed by atoms with Crippen LogP contribution in [0.15, 0.2) is 24.3 Å². The molecule has 19 heavy (non-hydrogen) atoms. The molecule has 0 unspecified atom stereocenters. The average molecular weight is 264 g/mol. The van der Waals surface area contributed by atoms with E-state index in [1.807, 2.05) is 0 Å². The molecule has 0 spiro atoms. The first kappa shape index (κ1) is 12.9. The van der Waals surface area contributed by atoms with Crippen molar-refractivity contribution in [3.05, 3.63) is 35.4 Å². The fraction of sp³-hybridized carbons (Fsp3) is 0.250. The molecule has 0 aromatic heterocycles. The van der Waals surface area contributed by atoms with Crippen LogP contribution < -0.4 is 10.4 Å². The molecular formula is C12H10NO6-. The minimum absolute atomic E-state index is 0.0974. The molecule has 100 valence electrons. The van der Waals surface area contributed by atoms with Crippen molar-refractivity contribution in [1.29, 1.82) is 0 Å². The highest BCUT2D eigenvalue weighted by Crippen LogP contribution is 2.10. The third-order valence-corrected chi connectivity index (χ3v) is 2.51. The molecule has 0 bridgehead atoms. The van der Waals surface area contributed by atoms with Gasteiger partial charge in [-0.05, 0) is 6.07 Å².